The third-order valence-corrected chi connectivity index (χ3v) is 4.05. The van der Waals surface area contributed by atoms with Crippen molar-refractivity contribution in [1.82, 2.24) is 0 Å². The van der Waals surface area contributed by atoms with Crippen LogP contribution in [0.1, 0.15) is 0 Å². The molecule has 0 saturated carbocycles. The summed E-state index contributed by atoms with van der Waals surface area (Å²) in [4.78, 5) is 1.81. The third kappa shape index (κ3) is 2.88. The molecule has 0 spiro atoms. The van der Waals surface area contributed by atoms with Gasteiger partial charge in [-0.05, 0) is 0 Å². The first kappa shape index (κ1) is 17.5. The van der Waals surface area contributed by atoms with Crippen molar-refractivity contribution in [3.05, 3.63) is 30.3 Å². The molecule has 3 rings (SSSR count). The number of methoxy groups -OCH3 is 2. The maximum atomic E-state index is 10.5. The molecule has 0 atom stereocenters. The van der Waals surface area contributed by atoms with Crippen LogP contribution in [0.3, 0.4) is 0 Å². The molecule has 0 fully saturated rings. The normalized spacial score (nSPS) is 10.8. The van der Waals surface area contributed by atoms with Crippen LogP contribution in [0.15, 0.2) is 34.7 Å². The highest BCUT2D eigenvalue weighted by Gasteiger charge is 2.26. The predicted octanol–water partition coefficient (Wildman–Crippen LogP) is 3.58. The molecule has 3 aromatic rings. The van der Waals surface area contributed by atoms with Gasteiger partial charge in [0.2, 0.25) is 11.5 Å². The molecular weight excluding hydrogens is 338 g/mol. The fourth-order valence-electron chi connectivity index (χ4n) is 2.79. The van der Waals surface area contributed by atoms with Gasteiger partial charge in [-0.2, -0.15) is 0 Å². The second-order valence-corrected chi connectivity index (χ2v) is 5.96. The van der Waals surface area contributed by atoms with Gasteiger partial charge in [-0.1, -0.05) is 0 Å². The lowest BCUT2D eigenvalue weighted by Crippen LogP contribution is -2.08. The van der Waals surface area contributed by atoms with Gasteiger partial charge in [0.25, 0.3) is 0 Å². The van der Waals surface area contributed by atoms with E-state index >= 15 is 0 Å². The first-order chi connectivity index (χ1) is 12.3. The van der Waals surface area contributed by atoms with Gasteiger partial charge in [-0.25, -0.2) is 4.42 Å². The first-order valence-corrected chi connectivity index (χ1v) is 7.81. The fourth-order valence-corrected chi connectivity index (χ4v) is 2.79. The van der Waals surface area contributed by atoms with Crippen molar-refractivity contribution in [2.24, 2.45) is 0 Å². The molecule has 0 aliphatic heterocycles. The van der Waals surface area contributed by atoms with Gasteiger partial charge in [0.05, 0.1) is 31.5 Å². The minimum Gasteiger partial charge on any atom is -0.508 e. The van der Waals surface area contributed by atoms with E-state index in [9.17, 15) is 15.3 Å². The lowest BCUT2D eigenvalue weighted by Gasteiger charge is -2.13. The number of benzene rings is 2. The highest BCUT2D eigenvalue weighted by atomic mass is 16.5. The minimum absolute atomic E-state index is 0.0439. The van der Waals surface area contributed by atoms with Crippen molar-refractivity contribution < 1.29 is 29.2 Å². The van der Waals surface area contributed by atoms with E-state index < -0.39 is 0 Å². The maximum Gasteiger partial charge on any atom is 0.402 e. The third-order valence-electron chi connectivity index (χ3n) is 4.05. The Morgan fingerprint density at radius 3 is 2.04 bits per heavy atom. The predicted molar refractivity (Wildman–Crippen MR) is 98.5 cm³/mol. The Kier molecular flexibility index (Phi) is 4.38. The fraction of sp³-hybridized carbons (Fsp3) is 0.211. The van der Waals surface area contributed by atoms with Crippen LogP contribution in [-0.4, -0.2) is 43.6 Å². The maximum absolute atomic E-state index is 10.5. The van der Waals surface area contributed by atoms with Gasteiger partial charge in [-0.15, -0.1) is 0 Å². The zero-order chi connectivity index (χ0) is 19.0. The van der Waals surface area contributed by atoms with Gasteiger partial charge in [-0.3, -0.25) is 0 Å². The van der Waals surface area contributed by atoms with Gasteiger partial charge < -0.3 is 29.7 Å². The SMILES string of the molecule is COc1cc(-c2[o+]c3cc(O)cc(N(C)C)c3cc2O)cc(OC)c1O. The standard InChI is InChI=1S/C19H19NO6/c1-20(2)13-7-11(21)8-15-12(13)9-14(22)19(26-15)10-5-16(24-3)18(23)17(6-10)25-4/h5-9H,1-4H3,(H2-,21,22,23)/p+1. The topological polar surface area (TPSA) is 93.7 Å². The average molecular weight is 358 g/mol. The van der Waals surface area contributed by atoms with Crippen LogP contribution >= 0.6 is 0 Å². The highest BCUT2D eigenvalue weighted by molar-refractivity contribution is 5.94. The molecule has 0 radical (unpaired) electrons. The number of nitrogens with zero attached hydrogens (tertiary/aromatic N) is 1. The van der Waals surface area contributed by atoms with Crippen molar-refractivity contribution in [2.45, 2.75) is 0 Å². The van der Waals surface area contributed by atoms with Gasteiger partial charge in [0.15, 0.2) is 11.5 Å². The second-order valence-electron chi connectivity index (χ2n) is 5.96. The summed E-state index contributed by atoms with van der Waals surface area (Å²) in [6.45, 7) is 0. The Morgan fingerprint density at radius 1 is 0.885 bits per heavy atom. The molecule has 3 N–H and O–H groups in total. The summed E-state index contributed by atoms with van der Waals surface area (Å²) in [5.41, 5.74) is 1.55. The first-order valence-electron chi connectivity index (χ1n) is 7.81. The van der Waals surface area contributed by atoms with Crippen LogP contribution < -0.4 is 14.4 Å². The Morgan fingerprint density at radius 2 is 1.50 bits per heavy atom. The number of phenolic OH excluding ortho intramolecular Hbond substituents is 2. The molecule has 0 unspecified atom stereocenters. The van der Waals surface area contributed by atoms with Gasteiger partial charge in [0.1, 0.15) is 11.1 Å². The lowest BCUT2D eigenvalue weighted by molar-refractivity contribution is 0.340. The quantitative estimate of drug-likeness (QED) is 0.614. The summed E-state index contributed by atoms with van der Waals surface area (Å²) >= 11 is 0. The molecular formula is C19H20NO6+. The Hall–Kier alpha value is -3.35. The molecule has 26 heavy (non-hydrogen) atoms. The number of fused-ring (bicyclic) bond motifs is 1. The molecule has 0 amide bonds. The molecule has 7 heteroatoms. The van der Waals surface area contributed by atoms with Crippen molar-refractivity contribution in [3.8, 4) is 40.1 Å². The molecule has 7 nitrogen and oxygen atoms in total. The van der Waals surface area contributed by atoms with E-state index in [2.05, 4.69) is 0 Å². The Balaban J connectivity index is 2.28. The summed E-state index contributed by atoms with van der Waals surface area (Å²) in [5, 5.41) is 31.2. The van der Waals surface area contributed by atoms with Crippen molar-refractivity contribution in [2.75, 3.05) is 33.2 Å². The summed E-state index contributed by atoms with van der Waals surface area (Å²) in [7, 11) is 6.48. The number of hydrogen-bond acceptors (Lipinski definition) is 6. The number of hydrogen-bond donors (Lipinski definition) is 3. The molecule has 0 bridgehead atoms. The Bertz CT molecular complexity index is 958. The van der Waals surface area contributed by atoms with E-state index in [-0.39, 0.29) is 34.5 Å². The van der Waals surface area contributed by atoms with E-state index in [1.165, 1.54) is 32.4 Å². The van der Waals surface area contributed by atoms with Crippen molar-refractivity contribution >= 4 is 16.7 Å². The lowest BCUT2D eigenvalue weighted by atomic mass is 10.1. The average Bonchev–Trinajstić information content (AvgIpc) is 2.61. The molecule has 1 heterocycles. The Labute approximate surface area is 150 Å². The highest BCUT2D eigenvalue weighted by Crippen LogP contribution is 2.44. The number of phenols is 2. The molecule has 0 aliphatic carbocycles. The van der Waals surface area contributed by atoms with E-state index in [4.69, 9.17) is 13.9 Å². The second kappa shape index (κ2) is 6.51. The minimum atomic E-state index is -0.147. The van der Waals surface area contributed by atoms with Crippen LogP contribution in [0.25, 0.3) is 22.3 Å². The van der Waals surface area contributed by atoms with E-state index in [1.54, 1.807) is 12.1 Å². The van der Waals surface area contributed by atoms with Crippen LogP contribution in [-0.2, 0) is 0 Å². The molecule has 1 aromatic heterocycles. The molecule has 136 valence electrons. The summed E-state index contributed by atoms with van der Waals surface area (Å²) in [6.07, 6.45) is 0. The van der Waals surface area contributed by atoms with Crippen LogP contribution in [0.5, 0.6) is 28.7 Å². The summed E-state index contributed by atoms with van der Waals surface area (Å²) in [6, 6.07) is 7.67. The van der Waals surface area contributed by atoms with E-state index in [0.717, 1.165) is 0 Å². The largest absolute Gasteiger partial charge is 0.508 e. The van der Waals surface area contributed by atoms with E-state index in [1.807, 2.05) is 19.0 Å². The van der Waals surface area contributed by atoms with E-state index in [0.29, 0.717) is 22.2 Å². The zero-order valence-electron chi connectivity index (χ0n) is 14.9. The monoisotopic (exact) mass is 358 g/mol. The summed E-state index contributed by atoms with van der Waals surface area (Å²) in [5.74, 6) is 0.317. The van der Waals surface area contributed by atoms with Gasteiger partial charge in [0, 0.05) is 38.4 Å². The van der Waals surface area contributed by atoms with Crippen LogP contribution in [0.4, 0.5) is 5.69 Å². The number of rotatable bonds is 4. The van der Waals surface area contributed by atoms with Crippen molar-refractivity contribution in [3.63, 3.8) is 0 Å². The number of anilines is 1. The number of aromatic hydroxyl groups is 3. The number of ether oxygens (including phenoxy) is 2. The molecule has 0 saturated heterocycles. The van der Waals surface area contributed by atoms with Crippen LogP contribution in [0.2, 0.25) is 0 Å². The van der Waals surface area contributed by atoms with Crippen molar-refractivity contribution in [1.29, 1.82) is 0 Å². The zero-order valence-corrected chi connectivity index (χ0v) is 14.9. The molecule has 2 aromatic carbocycles. The smallest absolute Gasteiger partial charge is 0.402 e. The van der Waals surface area contributed by atoms with Gasteiger partial charge >= 0.3 is 11.3 Å². The molecule has 0 aliphatic rings. The summed E-state index contributed by atoms with van der Waals surface area (Å²) < 4.78 is 16.2. The van der Waals surface area contributed by atoms with Crippen LogP contribution in [0, 0.1) is 0 Å².